The van der Waals surface area contributed by atoms with Crippen LogP contribution in [0.25, 0.3) is 10.1 Å². The molecule has 150 valence electrons. The first kappa shape index (κ1) is 19.9. The molecule has 1 aliphatic rings. The van der Waals surface area contributed by atoms with Crippen LogP contribution >= 0.6 is 22.9 Å². The molecule has 0 atom stereocenters. The van der Waals surface area contributed by atoms with E-state index in [-0.39, 0.29) is 10.8 Å². The molecule has 3 aromatic rings. The standard InChI is InChI=1S/C20H18ClN3O3S2/c1-12-5-2-8-15-17(12)18(21)19(28-15)20(25)23-13-6-3-7-14(11-13)29(26,27)24-16-9-4-10-22-16/h2-3,5-8,11H,4,9-10H2,1H3,(H,22,24)(H,23,25). The maximum absolute atomic E-state index is 12.8. The quantitative estimate of drug-likeness (QED) is 0.613. The summed E-state index contributed by atoms with van der Waals surface area (Å²) in [6, 6.07) is 11.9. The van der Waals surface area contributed by atoms with E-state index in [2.05, 4.69) is 15.0 Å². The lowest BCUT2D eigenvalue weighted by molar-refractivity contribution is 0.103. The van der Waals surface area contributed by atoms with E-state index in [0.29, 0.717) is 34.4 Å². The number of halogens is 1. The molecule has 1 aromatic heterocycles. The number of benzene rings is 2. The largest absolute Gasteiger partial charge is 0.321 e. The molecule has 0 aliphatic carbocycles. The van der Waals surface area contributed by atoms with E-state index in [1.807, 2.05) is 25.1 Å². The van der Waals surface area contributed by atoms with Crippen molar-refractivity contribution in [2.45, 2.75) is 24.7 Å². The molecule has 0 spiro atoms. The van der Waals surface area contributed by atoms with Crippen LogP contribution in [0.5, 0.6) is 0 Å². The van der Waals surface area contributed by atoms with E-state index in [1.165, 1.54) is 23.5 Å². The Bertz CT molecular complexity index is 1250. The first-order valence-corrected chi connectivity index (χ1v) is 11.7. The van der Waals surface area contributed by atoms with Gasteiger partial charge in [-0.3, -0.25) is 14.5 Å². The number of hydrogen-bond acceptors (Lipinski definition) is 5. The zero-order valence-electron chi connectivity index (χ0n) is 15.5. The molecular weight excluding hydrogens is 430 g/mol. The molecule has 1 aliphatic heterocycles. The Balaban J connectivity index is 1.59. The Hall–Kier alpha value is -2.42. The zero-order chi connectivity index (χ0) is 20.6. The van der Waals surface area contributed by atoms with Gasteiger partial charge >= 0.3 is 0 Å². The molecule has 0 saturated carbocycles. The average Bonchev–Trinajstić information content (AvgIpc) is 3.30. The highest BCUT2D eigenvalue weighted by atomic mass is 35.5. The van der Waals surface area contributed by atoms with Crippen molar-refractivity contribution in [1.29, 1.82) is 0 Å². The third kappa shape index (κ3) is 4.01. The number of amides is 1. The van der Waals surface area contributed by atoms with Crippen molar-refractivity contribution < 1.29 is 13.2 Å². The van der Waals surface area contributed by atoms with Gasteiger partial charge in [0.2, 0.25) is 0 Å². The summed E-state index contributed by atoms with van der Waals surface area (Å²) >= 11 is 7.76. The number of fused-ring (bicyclic) bond motifs is 1. The van der Waals surface area contributed by atoms with Gasteiger partial charge in [0.1, 0.15) is 10.7 Å². The molecule has 2 aromatic carbocycles. The van der Waals surface area contributed by atoms with Crippen LogP contribution in [0.2, 0.25) is 5.02 Å². The number of hydrogen-bond donors (Lipinski definition) is 2. The number of carbonyl (C=O) groups excluding carboxylic acids is 1. The Kier molecular flexibility index (Phi) is 5.33. The van der Waals surface area contributed by atoms with Gasteiger partial charge in [-0.15, -0.1) is 11.3 Å². The minimum Gasteiger partial charge on any atom is -0.321 e. The topological polar surface area (TPSA) is 87.6 Å². The van der Waals surface area contributed by atoms with Crippen molar-refractivity contribution >= 4 is 60.5 Å². The van der Waals surface area contributed by atoms with E-state index in [9.17, 15) is 13.2 Å². The monoisotopic (exact) mass is 447 g/mol. The Morgan fingerprint density at radius 1 is 1.21 bits per heavy atom. The molecule has 1 amide bonds. The van der Waals surface area contributed by atoms with Crippen molar-refractivity contribution in [2.24, 2.45) is 4.99 Å². The van der Waals surface area contributed by atoms with Crippen molar-refractivity contribution in [3.63, 3.8) is 0 Å². The number of thiophene rings is 1. The van der Waals surface area contributed by atoms with Gasteiger partial charge in [0.25, 0.3) is 15.9 Å². The second-order valence-electron chi connectivity index (χ2n) is 6.71. The maximum atomic E-state index is 12.8. The van der Waals surface area contributed by atoms with Crippen LogP contribution < -0.4 is 10.0 Å². The molecule has 4 rings (SSSR count). The second-order valence-corrected chi connectivity index (χ2v) is 9.83. The molecule has 0 saturated heterocycles. The molecule has 29 heavy (non-hydrogen) atoms. The maximum Gasteiger partial charge on any atom is 0.267 e. The highest BCUT2D eigenvalue weighted by molar-refractivity contribution is 7.90. The smallest absolute Gasteiger partial charge is 0.267 e. The highest BCUT2D eigenvalue weighted by Gasteiger charge is 2.21. The molecule has 9 heteroatoms. The van der Waals surface area contributed by atoms with Crippen LogP contribution in [0.1, 0.15) is 28.1 Å². The third-order valence-electron chi connectivity index (χ3n) is 4.60. The number of carbonyl (C=O) groups is 1. The van der Waals surface area contributed by atoms with Crippen LogP contribution in [0, 0.1) is 6.92 Å². The van der Waals surface area contributed by atoms with Gasteiger partial charge in [0, 0.05) is 28.7 Å². The molecule has 0 fully saturated rings. The van der Waals surface area contributed by atoms with Gasteiger partial charge < -0.3 is 5.32 Å². The molecule has 0 radical (unpaired) electrons. The first-order chi connectivity index (χ1) is 13.8. The van der Waals surface area contributed by atoms with E-state index >= 15 is 0 Å². The summed E-state index contributed by atoms with van der Waals surface area (Å²) in [6.07, 6.45) is 1.45. The van der Waals surface area contributed by atoms with Crippen LogP contribution in [0.3, 0.4) is 0 Å². The summed E-state index contributed by atoms with van der Waals surface area (Å²) < 4.78 is 28.6. The summed E-state index contributed by atoms with van der Waals surface area (Å²) in [6.45, 7) is 2.57. The fraction of sp³-hybridized carbons (Fsp3) is 0.200. The van der Waals surface area contributed by atoms with Crippen LogP contribution in [-0.4, -0.2) is 26.7 Å². The predicted octanol–water partition coefficient (Wildman–Crippen LogP) is 4.59. The van der Waals surface area contributed by atoms with Crippen molar-refractivity contribution in [3.8, 4) is 0 Å². The number of rotatable bonds is 4. The zero-order valence-corrected chi connectivity index (χ0v) is 17.9. The number of nitrogens with zero attached hydrogens (tertiary/aromatic N) is 1. The Morgan fingerprint density at radius 3 is 2.72 bits per heavy atom. The summed E-state index contributed by atoms with van der Waals surface area (Å²) in [4.78, 5) is 17.4. The van der Waals surface area contributed by atoms with E-state index < -0.39 is 10.0 Å². The molecule has 2 N–H and O–H groups in total. The normalized spacial score (nSPS) is 14.1. The first-order valence-electron chi connectivity index (χ1n) is 9.00. The number of amidine groups is 1. The summed E-state index contributed by atoms with van der Waals surface area (Å²) in [5.41, 5.74) is 1.37. The van der Waals surface area contributed by atoms with Gasteiger partial charge in [0.15, 0.2) is 0 Å². The molecule has 6 nitrogen and oxygen atoms in total. The van der Waals surface area contributed by atoms with E-state index in [0.717, 1.165) is 22.1 Å². The Labute approximate surface area is 177 Å². The van der Waals surface area contributed by atoms with Crippen molar-refractivity contribution in [3.05, 3.63) is 57.9 Å². The van der Waals surface area contributed by atoms with E-state index in [4.69, 9.17) is 11.6 Å². The van der Waals surface area contributed by atoms with E-state index in [1.54, 1.807) is 12.1 Å². The van der Waals surface area contributed by atoms with Gasteiger partial charge in [-0.05, 0) is 43.2 Å². The number of aliphatic imine (C=N–C) groups is 1. The van der Waals surface area contributed by atoms with Crippen molar-refractivity contribution in [2.75, 3.05) is 11.9 Å². The predicted molar refractivity (Wildman–Crippen MR) is 118 cm³/mol. The summed E-state index contributed by atoms with van der Waals surface area (Å²) in [7, 11) is -3.76. The lowest BCUT2D eigenvalue weighted by Gasteiger charge is -2.10. The fourth-order valence-electron chi connectivity index (χ4n) is 3.19. The number of aryl methyl sites for hydroxylation is 1. The van der Waals surface area contributed by atoms with Gasteiger partial charge in [-0.1, -0.05) is 29.8 Å². The molecule has 0 unspecified atom stereocenters. The molecular formula is C20H18ClN3O3S2. The van der Waals surface area contributed by atoms with Gasteiger partial charge in [-0.25, -0.2) is 8.42 Å². The van der Waals surface area contributed by atoms with Crippen LogP contribution in [0.15, 0.2) is 52.4 Å². The van der Waals surface area contributed by atoms with Crippen LogP contribution in [-0.2, 0) is 10.0 Å². The SMILES string of the molecule is Cc1cccc2sc(C(=O)Nc3cccc(S(=O)(=O)NC4=NCCC4)c3)c(Cl)c12. The van der Waals surface area contributed by atoms with Gasteiger partial charge in [-0.2, -0.15) is 0 Å². The Morgan fingerprint density at radius 2 is 2.00 bits per heavy atom. The number of nitrogens with one attached hydrogen (secondary N) is 2. The molecule has 0 bridgehead atoms. The number of sulfonamides is 1. The highest BCUT2D eigenvalue weighted by Crippen LogP contribution is 2.37. The summed E-state index contributed by atoms with van der Waals surface area (Å²) in [5, 5.41) is 4.02. The van der Waals surface area contributed by atoms with Crippen molar-refractivity contribution in [1.82, 2.24) is 4.72 Å². The number of anilines is 1. The molecule has 2 heterocycles. The van der Waals surface area contributed by atoms with Gasteiger partial charge in [0.05, 0.1) is 9.92 Å². The van der Waals surface area contributed by atoms with Crippen LogP contribution in [0.4, 0.5) is 5.69 Å². The average molecular weight is 448 g/mol. The third-order valence-corrected chi connectivity index (χ3v) is 7.62. The minimum absolute atomic E-state index is 0.0585. The lowest BCUT2D eigenvalue weighted by Crippen LogP contribution is -2.29. The fourth-order valence-corrected chi connectivity index (χ4v) is 5.90. The lowest BCUT2D eigenvalue weighted by atomic mass is 10.1. The summed E-state index contributed by atoms with van der Waals surface area (Å²) in [5.74, 6) is 0.0881. The minimum atomic E-state index is -3.76. The second kappa shape index (κ2) is 7.78.